The van der Waals surface area contributed by atoms with Gasteiger partial charge in [-0.05, 0) is 66.5 Å². The largest absolute Gasteiger partial charge is 0.573 e. The molecule has 2 aromatic carbocycles. The summed E-state index contributed by atoms with van der Waals surface area (Å²) in [4.78, 5) is 16.9. The Balaban J connectivity index is 1.73. The molecule has 0 N–H and O–H groups in total. The molecule has 5 nitrogen and oxygen atoms in total. The zero-order chi connectivity index (χ0) is 24.7. The van der Waals surface area contributed by atoms with Gasteiger partial charge in [-0.1, -0.05) is 32.9 Å². The minimum atomic E-state index is -4.72. The highest BCUT2D eigenvalue weighted by Gasteiger charge is 2.35. The van der Waals surface area contributed by atoms with Gasteiger partial charge in [0.1, 0.15) is 11.6 Å². The molecule has 1 heterocycles. The third kappa shape index (κ3) is 5.37. The summed E-state index contributed by atoms with van der Waals surface area (Å²) in [5.41, 5.74) is 3.07. The van der Waals surface area contributed by atoms with Crippen molar-refractivity contribution in [2.45, 2.75) is 58.9 Å². The highest BCUT2D eigenvalue weighted by Crippen LogP contribution is 2.45. The lowest BCUT2D eigenvalue weighted by molar-refractivity contribution is -0.274. The number of benzene rings is 2. The molecule has 1 aliphatic carbocycles. The van der Waals surface area contributed by atoms with Crippen LogP contribution in [0.3, 0.4) is 0 Å². The van der Waals surface area contributed by atoms with E-state index >= 15 is 0 Å². The molecule has 0 aliphatic heterocycles. The first-order valence-corrected chi connectivity index (χ1v) is 11.4. The number of aromatic nitrogens is 2. The average molecular weight is 475 g/mol. The van der Waals surface area contributed by atoms with Crippen LogP contribution in [-0.2, 0) is 11.2 Å². The zero-order valence-corrected chi connectivity index (χ0v) is 19.8. The number of halogens is 3. The molecule has 4 rings (SSSR count). The van der Waals surface area contributed by atoms with Crippen molar-refractivity contribution in [3.8, 4) is 5.75 Å². The first kappa shape index (κ1) is 24.1. The average Bonchev–Trinajstić information content (AvgIpc) is 3.09. The van der Waals surface area contributed by atoms with Gasteiger partial charge in [-0.3, -0.25) is 0 Å². The Morgan fingerprint density at radius 2 is 1.85 bits per heavy atom. The summed E-state index contributed by atoms with van der Waals surface area (Å²) in [6.45, 7) is 6.83. The van der Waals surface area contributed by atoms with E-state index in [2.05, 4.69) is 30.1 Å². The molecule has 1 saturated carbocycles. The molecule has 8 heteroatoms. The maximum atomic E-state index is 12.5. The van der Waals surface area contributed by atoms with Crippen LogP contribution in [0.15, 0.2) is 42.5 Å². The van der Waals surface area contributed by atoms with Crippen LogP contribution in [0.4, 0.5) is 13.2 Å². The normalized spacial score (nSPS) is 20.3. The van der Waals surface area contributed by atoms with Crippen LogP contribution in [0.25, 0.3) is 11.0 Å². The highest BCUT2D eigenvalue weighted by atomic mass is 19.4. The molecular weight excluding hydrogens is 445 g/mol. The van der Waals surface area contributed by atoms with Gasteiger partial charge in [0.2, 0.25) is 0 Å². The van der Waals surface area contributed by atoms with E-state index in [1.807, 2.05) is 6.07 Å². The smallest absolute Gasteiger partial charge is 0.465 e. The standard InChI is InChI=1S/C26H29F3N2O3/c1-16-11-19(15-25(2,3)14-16)31-22-10-7-18(24(32)33-4)13-21(22)30-23(31)12-17-5-8-20(9-6-17)34-26(27,28)29/h5-10,13,16,19H,11-12,14-15H2,1-4H3. The van der Waals surface area contributed by atoms with Crippen molar-refractivity contribution >= 4 is 17.0 Å². The summed E-state index contributed by atoms with van der Waals surface area (Å²) in [6, 6.07) is 11.5. The minimum absolute atomic E-state index is 0.179. The molecule has 0 amide bonds. The summed E-state index contributed by atoms with van der Waals surface area (Å²) in [5, 5.41) is 0. The SMILES string of the molecule is COC(=O)c1ccc2c(c1)nc(Cc1ccc(OC(F)(F)F)cc1)n2C1CC(C)CC(C)(C)C1. The van der Waals surface area contributed by atoms with Crippen LogP contribution in [0, 0.1) is 11.3 Å². The number of fused-ring (bicyclic) bond motifs is 1. The molecular formula is C26H29F3N2O3. The molecule has 1 fully saturated rings. The Hall–Kier alpha value is -3.03. The number of ether oxygens (including phenoxy) is 2. The van der Waals surface area contributed by atoms with Crippen molar-refractivity contribution in [2.75, 3.05) is 7.11 Å². The molecule has 1 aliphatic rings. The second-order valence-electron chi connectivity index (χ2n) is 10.0. The monoisotopic (exact) mass is 474 g/mol. The van der Waals surface area contributed by atoms with Gasteiger partial charge in [-0.25, -0.2) is 9.78 Å². The predicted molar refractivity (Wildman–Crippen MR) is 123 cm³/mol. The lowest BCUT2D eigenvalue weighted by atomic mass is 9.70. The van der Waals surface area contributed by atoms with E-state index in [0.29, 0.717) is 23.4 Å². The maximum absolute atomic E-state index is 12.5. The summed E-state index contributed by atoms with van der Waals surface area (Å²) in [6.07, 6.45) is -1.12. The fourth-order valence-corrected chi connectivity index (χ4v) is 5.41. The number of carbonyl (C=O) groups is 1. The van der Waals surface area contributed by atoms with Crippen molar-refractivity contribution < 1.29 is 27.4 Å². The highest BCUT2D eigenvalue weighted by molar-refractivity contribution is 5.93. The van der Waals surface area contributed by atoms with Gasteiger partial charge in [0.15, 0.2) is 0 Å². The lowest BCUT2D eigenvalue weighted by Crippen LogP contribution is -2.30. The molecule has 34 heavy (non-hydrogen) atoms. The third-order valence-corrected chi connectivity index (χ3v) is 6.43. The summed E-state index contributed by atoms with van der Waals surface area (Å²) >= 11 is 0. The first-order valence-electron chi connectivity index (χ1n) is 11.4. The Kier molecular flexibility index (Phi) is 6.36. The quantitative estimate of drug-likeness (QED) is 0.386. The molecule has 0 spiro atoms. The van der Waals surface area contributed by atoms with E-state index in [9.17, 15) is 18.0 Å². The van der Waals surface area contributed by atoms with E-state index in [4.69, 9.17) is 9.72 Å². The summed E-state index contributed by atoms with van der Waals surface area (Å²) in [7, 11) is 1.34. The molecule has 0 bridgehead atoms. The third-order valence-electron chi connectivity index (χ3n) is 6.43. The molecule has 0 saturated heterocycles. The molecule has 2 atom stereocenters. The maximum Gasteiger partial charge on any atom is 0.573 e. The van der Waals surface area contributed by atoms with Gasteiger partial charge in [0.05, 0.1) is 23.7 Å². The van der Waals surface area contributed by atoms with Gasteiger partial charge in [-0.2, -0.15) is 0 Å². The van der Waals surface area contributed by atoms with Crippen LogP contribution in [0.1, 0.15) is 67.8 Å². The van der Waals surface area contributed by atoms with Crippen LogP contribution >= 0.6 is 0 Å². The van der Waals surface area contributed by atoms with Crippen molar-refractivity contribution in [1.29, 1.82) is 0 Å². The lowest BCUT2D eigenvalue weighted by Gasteiger charge is -2.40. The molecule has 2 unspecified atom stereocenters. The van der Waals surface area contributed by atoms with E-state index in [1.54, 1.807) is 24.3 Å². The number of alkyl halides is 3. The molecule has 1 aromatic heterocycles. The van der Waals surface area contributed by atoms with Crippen LogP contribution in [0.5, 0.6) is 5.75 Å². The zero-order valence-electron chi connectivity index (χ0n) is 19.8. The predicted octanol–water partition coefficient (Wildman–Crippen LogP) is 6.70. The van der Waals surface area contributed by atoms with Gasteiger partial charge < -0.3 is 14.0 Å². The summed E-state index contributed by atoms with van der Waals surface area (Å²) < 4.78 is 48.6. The van der Waals surface area contributed by atoms with Gasteiger partial charge in [-0.15, -0.1) is 13.2 Å². The van der Waals surface area contributed by atoms with Crippen LogP contribution in [0.2, 0.25) is 0 Å². The van der Waals surface area contributed by atoms with Crippen molar-refractivity contribution in [3.05, 3.63) is 59.4 Å². The van der Waals surface area contributed by atoms with Gasteiger partial charge >= 0.3 is 12.3 Å². The number of nitrogens with zero attached hydrogens (tertiary/aromatic N) is 2. The Morgan fingerprint density at radius 1 is 1.15 bits per heavy atom. The Labute approximate surface area is 196 Å². The molecule has 3 aromatic rings. The Bertz CT molecular complexity index is 1180. The van der Waals surface area contributed by atoms with E-state index < -0.39 is 12.3 Å². The van der Waals surface area contributed by atoms with Crippen molar-refractivity contribution in [2.24, 2.45) is 11.3 Å². The van der Waals surface area contributed by atoms with Gasteiger partial charge in [0, 0.05) is 12.5 Å². The fourth-order valence-electron chi connectivity index (χ4n) is 5.41. The van der Waals surface area contributed by atoms with Crippen molar-refractivity contribution in [3.63, 3.8) is 0 Å². The van der Waals surface area contributed by atoms with E-state index in [0.717, 1.165) is 36.2 Å². The van der Waals surface area contributed by atoms with Gasteiger partial charge in [0.25, 0.3) is 0 Å². The molecule has 182 valence electrons. The number of esters is 1. The Morgan fingerprint density at radius 3 is 2.47 bits per heavy atom. The first-order chi connectivity index (χ1) is 15.9. The number of methoxy groups -OCH3 is 1. The van der Waals surface area contributed by atoms with E-state index in [-0.39, 0.29) is 17.2 Å². The second-order valence-corrected chi connectivity index (χ2v) is 10.0. The number of rotatable bonds is 5. The molecule has 0 radical (unpaired) electrons. The number of hydrogen-bond acceptors (Lipinski definition) is 4. The number of carbonyl (C=O) groups excluding carboxylic acids is 1. The van der Waals surface area contributed by atoms with Crippen LogP contribution < -0.4 is 4.74 Å². The minimum Gasteiger partial charge on any atom is -0.465 e. The fraction of sp³-hybridized carbons (Fsp3) is 0.462. The topological polar surface area (TPSA) is 53.4 Å². The van der Waals surface area contributed by atoms with E-state index in [1.165, 1.54) is 19.2 Å². The summed E-state index contributed by atoms with van der Waals surface area (Å²) in [5.74, 6) is 0.685. The van der Waals surface area contributed by atoms with Crippen LogP contribution in [-0.4, -0.2) is 29.0 Å². The van der Waals surface area contributed by atoms with Crippen molar-refractivity contribution in [1.82, 2.24) is 9.55 Å². The second kappa shape index (κ2) is 8.96. The number of hydrogen-bond donors (Lipinski definition) is 0. The number of imidazole rings is 1.